The van der Waals surface area contributed by atoms with Crippen molar-refractivity contribution in [2.24, 2.45) is 0 Å². The van der Waals surface area contributed by atoms with Crippen molar-refractivity contribution < 1.29 is 19.4 Å². The van der Waals surface area contributed by atoms with Gasteiger partial charge in [0, 0.05) is 13.5 Å². The summed E-state index contributed by atoms with van der Waals surface area (Å²) in [6.45, 7) is 1.93. The van der Waals surface area contributed by atoms with Gasteiger partial charge in [0.2, 0.25) is 5.91 Å². The number of carbonyl (C=O) groups is 2. The van der Waals surface area contributed by atoms with Crippen molar-refractivity contribution in [3.63, 3.8) is 0 Å². The van der Waals surface area contributed by atoms with Crippen LogP contribution in [0.25, 0.3) is 0 Å². The van der Waals surface area contributed by atoms with Gasteiger partial charge in [0.25, 0.3) is 0 Å². The molecule has 0 bridgehead atoms. The molecule has 1 fully saturated rings. The lowest BCUT2D eigenvalue weighted by molar-refractivity contribution is -0.169. The molecule has 1 heterocycles. The molecule has 102 valence electrons. The van der Waals surface area contributed by atoms with Crippen LogP contribution in [0.15, 0.2) is 24.3 Å². The van der Waals surface area contributed by atoms with Crippen LogP contribution in [0.3, 0.4) is 0 Å². The predicted octanol–water partition coefficient (Wildman–Crippen LogP) is 0.848. The molecule has 19 heavy (non-hydrogen) atoms. The van der Waals surface area contributed by atoms with Crippen LogP contribution >= 0.6 is 0 Å². The number of nitrogens with zero attached hydrogens (tertiary/aromatic N) is 1. The third kappa shape index (κ3) is 2.93. The first kappa shape index (κ1) is 13.5. The third-order valence-corrected chi connectivity index (χ3v) is 3.39. The maximum atomic E-state index is 11.5. The van der Waals surface area contributed by atoms with Gasteiger partial charge in [0.05, 0.1) is 6.10 Å². The van der Waals surface area contributed by atoms with Gasteiger partial charge in [-0.2, -0.15) is 0 Å². The zero-order chi connectivity index (χ0) is 14.0. The summed E-state index contributed by atoms with van der Waals surface area (Å²) >= 11 is 0. The zero-order valence-electron chi connectivity index (χ0n) is 11.0. The molecular formula is C14H17NO4. The van der Waals surface area contributed by atoms with Crippen molar-refractivity contribution in [1.82, 2.24) is 4.90 Å². The fraction of sp³-hybridized carbons (Fsp3) is 0.429. The molecule has 2 atom stereocenters. The standard InChI is InChI=1S/C14H17NO4/c1-9-3-5-10(6-4-9)7-11-13(14(17)18)15(2)12(16)8-19-11/h3-6,11,13H,7-8H2,1-2H3,(H,17,18). The van der Waals surface area contributed by atoms with Gasteiger partial charge in [-0.1, -0.05) is 29.8 Å². The molecule has 0 spiro atoms. The maximum absolute atomic E-state index is 11.5. The summed E-state index contributed by atoms with van der Waals surface area (Å²) in [6, 6.07) is 6.93. The Balaban J connectivity index is 2.15. The second-order valence-electron chi connectivity index (χ2n) is 4.83. The lowest BCUT2D eigenvalue weighted by Crippen LogP contribution is -2.57. The van der Waals surface area contributed by atoms with Crippen LogP contribution in [0, 0.1) is 6.92 Å². The summed E-state index contributed by atoms with van der Waals surface area (Å²) in [5.74, 6) is -1.33. The topological polar surface area (TPSA) is 66.8 Å². The van der Waals surface area contributed by atoms with Crippen LogP contribution in [0.1, 0.15) is 11.1 Å². The third-order valence-electron chi connectivity index (χ3n) is 3.39. The van der Waals surface area contributed by atoms with Crippen molar-refractivity contribution in [3.8, 4) is 0 Å². The van der Waals surface area contributed by atoms with Gasteiger partial charge in [-0.3, -0.25) is 4.79 Å². The second-order valence-corrected chi connectivity index (χ2v) is 4.83. The van der Waals surface area contributed by atoms with Crippen LogP contribution < -0.4 is 0 Å². The number of carbonyl (C=O) groups excluding carboxylic acids is 1. The first-order chi connectivity index (χ1) is 8.99. The number of carboxylic acid groups (broad SMARTS) is 1. The van der Waals surface area contributed by atoms with E-state index in [1.165, 1.54) is 11.9 Å². The second kappa shape index (κ2) is 5.40. The van der Waals surface area contributed by atoms with Gasteiger partial charge in [-0.25, -0.2) is 4.79 Å². The lowest BCUT2D eigenvalue weighted by Gasteiger charge is -2.36. The molecule has 1 aromatic carbocycles. The van der Waals surface area contributed by atoms with Gasteiger partial charge in [0.15, 0.2) is 6.04 Å². The summed E-state index contributed by atoms with van der Waals surface area (Å²) in [7, 11) is 1.51. The quantitative estimate of drug-likeness (QED) is 0.878. The fourth-order valence-electron chi connectivity index (χ4n) is 2.23. The molecule has 0 aliphatic carbocycles. The van der Waals surface area contributed by atoms with E-state index in [0.717, 1.165) is 11.1 Å². The Morgan fingerprint density at radius 1 is 1.42 bits per heavy atom. The summed E-state index contributed by atoms with van der Waals surface area (Å²) in [4.78, 5) is 24.0. The summed E-state index contributed by atoms with van der Waals surface area (Å²) in [5.41, 5.74) is 2.15. The Kier molecular flexibility index (Phi) is 3.85. The van der Waals surface area contributed by atoms with Crippen molar-refractivity contribution in [3.05, 3.63) is 35.4 Å². The highest BCUT2D eigenvalue weighted by molar-refractivity contribution is 5.85. The number of aryl methyl sites for hydroxylation is 1. The van der Waals surface area contributed by atoms with E-state index in [1.54, 1.807) is 0 Å². The monoisotopic (exact) mass is 263 g/mol. The Labute approximate surface area is 111 Å². The van der Waals surface area contributed by atoms with E-state index in [4.69, 9.17) is 4.74 Å². The van der Waals surface area contributed by atoms with Crippen LogP contribution in [0.4, 0.5) is 0 Å². The van der Waals surface area contributed by atoms with E-state index in [2.05, 4.69) is 0 Å². The number of likely N-dealkylation sites (N-methyl/N-ethyl adjacent to an activating group) is 1. The molecule has 0 aromatic heterocycles. The van der Waals surface area contributed by atoms with Crippen molar-refractivity contribution in [2.75, 3.05) is 13.7 Å². The van der Waals surface area contributed by atoms with Crippen LogP contribution in [0.2, 0.25) is 0 Å². The molecule has 1 aromatic rings. The number of morpholine rings is 1. The Bertz CT molecular complexity index is 483. The zero-order valence-corrected chi connectivity index (χ0v) is 11.0. The van der Waals surface area contributed by atoms with Crippen molar-refractivity contribution in [1.29, 1.82) is 0 Å². The van der Waals surface area contributed by atoms with E-state index in [9.17, 15) is 14.7 Å². The minimum atomic E-state index is -1.03. The minimum absolute atomic E-state index is 0.0587. The maximum Gasteiger partial charge on any atom is 0.329 e. The van der Waals surface area contributed by atoms with E-state index in [1.807, 2.05) is 31.2 Å². The smallest absolute Gasteiger partial charge is 0.329 e. The minimum Gasteiger partial charge on any atom is -0.480 e. The van der Waals surface area contributed by atoms with Gasteiger partial charge >= 0.3 is 5.97 Å². The van der Waals surface area contributed by atoms with Crippen molar-refractivity contribution >= 4 is 11.9 Å². The van der Waals surface area contributed by atoms with E-state index < -0.39 is 18.1 Å². The van der Waals surface area contributed by atoms with E-state index >= 15 is 0 Å². The molecular weight excluding hydrogens is 246 g/mol. The molecule has 1 N–H and O–H groups in total. The number of carboxylic acids is 1. The lowest BCUT2D eigenvalue weighted by atomic mass is 9.99. The SMILES string of the molecule is Cc1ccc(CC2OCC(=O)N(C)C2C(=O)O)cc1. The van der Waals surface area contributed by atoms with E-state index in [-0.39, 0.29) is 12.5 Å². The number of aliphatic carboxylic acids is 1. The molecule has 1 saturated heterocycles. The molecule has 2 rings (SSSR count). The van der Waals surface area contributed by atoms with Gasteiger partial charge in [-0.15, -0.1) is 0 Å². The average Bonchev–Trinajstić information content (AvgIpc) is 2.36. The molecule has 5 heteroatoms. The first-order valence-electron chi connectivity index (χ1n) is 6.14. The van der Waals surface area contributed by atoms with E-state index in [0.29, 0.717) is 6.42 Å². The molecule has 5 nitrogen and oxygen atoms in total. The predicted molar refractivity (Wildman–Crippen MR) is 68.8 cm³/mol. The molecule has 1 aliphatic heterocycles. The Hall–Kier alpha value is -1.88. The number of rotatable bonds is 3. The summed E-state index contributed by atoms with van der Waals surface area (Å²) < 4.78 is 5.40. The number of amides is 1. The number of hydrogen-bond donors (Lipinski definition) is 1. The summed E-state index contributed by atoms with van der Waals surface area (Å²) in [6.07, 6.45) is -0.0302. The molecule has 1 aliphatic rings. The first-order valence-corrected chi connectivity index (χ1v) is 6.14. The molecule has 1 amide bonds. The highest BCUT2D eigenvalue weighted by Gasteiger charge is 2.39. The Morgan fingerprint density at radius 3 is 2.63 bits per heavy atom. The van der Waals surface area contributed by atoms with Crippen LogP contribution in [0.5, 0.6) is 0 Å². The highest BCUT2D eigenvalue weighted by Crippen LogP contribution is 2.18. The normalized spacial score (nSPS) is 23.5. The number of hydrogen-bond acceptors (Lipinski definition) is 3. The largest absolute Gasteiger partial charge is 0.480 e. The van der Waals surface area contributed by atoms with Crippen molar-refractivity contribution in [2.45, 2.75) is 25.5 Å². The number of ether oxygens (including phenoxy) is 1. The van der Waals surface area contributed by atoms with Gasteiger partial charge in [-0.05, 0) is 12.5 Å². The van der Waals surface area contributed by atoms with Gasteiger partial charge < -0.3 is 14.7 Å². The molecule has 0 saturated carbocycles. The summed E-state index contributed by atoms with van der Waals surface area (Å²) in [5, 5.41) is 9.25. The Morgan fingerprint density at radius 2 is 2.05 bits per heavy atom. The molecule has 2 unspecified atom stereocenters. The highest BCUT2D eigenvalue weighted by atomic mass is 16.5. The molecule has 0 radical (unpaired) electrons. The van der Waals surface area contributed by atoms with Gasteiger partial charge in [0.1, 0.15) is 6.61 Å². The van der Waals surface area contributed by atoms with Crippen LogP contribution in [-0.4, -0.2) is 47.7 Å². The van der Waals surface area contributed by atoms with Crippen LogP contribution in [-0.2, 0) is 20.7 Å². The average molecular weight is 263 g/mol. The number of benzene rings is 1. The fourth-order valence-corrected chi connectivity index (χ4v) is 2.23.